The van der Waals surface area contributed by atoms with Gasteiger partial charge in [0.15, 0.2) is 0 Å². The number of nitrogens with zero attached hydrogens (tertiary/aromatic N) is 1. The first kappa shape index (κ1) is 12.8. The number of H-pyrrole nitrogens is 1. The molecule has 2 aromatic heterocycles. The van der Waals surface area contributed by atoms with E-state index in [0.717, 1.165) is 5.56 Å². The molecule has 2 aromatic rings. The van der Waals surface area contributed by atoms with Crippen LogP contribution in [0.5, 0.6) is 0 Å². The Morgan fingerprint density at radius 2 is 2.05 bits per heavy atom. The van der Waals surface area contributed by atoms with Crippen LogP contribution in [0.1, 0.15) is 32.0 Å². The molecule has 0 bridgehead atoms. The Morgan fingerprint density at radius 3 is 2.68 bits per heavy atom. The summed E-state index contributed by atoms with van der Waals surface area (Å²) in [6.07, 6.45) is 4.53. The van der Waals surface area contributed by atoms with Crippen LogP contribution in [0.15, 0.2) is 24.7 Å². The highest BCUT2D eigenvalue weighted by atomic mass is 16.4. The van der Waals surface area contributed by atoms with Crippen molar-refractivity contribution in [3.05, 3.63) is 47.0 Å². The van der Waals surface area contributed by atoms with Gasteiger partial charge in [-0.25, -0.2) is 4.79 Å². The van der Waals surface area contributed by atoms with E-state index in [2.05, 4.69) is 15.3 Å². The lowest BCUT2D eigenvalue weighted by Gasteiger charge is -2.05. The highest BCUT2D eigenvalue weighted by Gasteiger charge is 2.17. The lowest BCUT2D eigenvalue weighted by Crippen LogP contribution is -2.14. The monoisotopic (exact) mass is 259 g/mol. The molecule has 98 valence electrons. The van der Waals surface area contributed by atoms with Gasteiger partial charge in [-0.05, 0) is 25.5 Å². The predicted molar refractivity (Wildman–Crippen MR) is 69.4 cm³/mol. The van der Waals surface area contributed by atoms with E-state index >= 15 is 0 Å². The van der Waals surface area contributed by atoms with Crippen LogP contribution < -0.4 is 5.32 Å². The summed E-state index contributed by atoms with van der Waals surface area (Å²) in [6, 6.07) is 1.68. The van der Waals surface area contributed by atoms with Crippen molar-refractivity contribution >= 4 is 17.6 Å². The molecule has 0 aliphatic carbocycles. The minimum Gasteiger partial charge on any atom is -0.478 e. The van der Waals surface area contributed by atoms with Crippen LogP contribution in [0.4, 0.5) is 5.69 Å². The first-order valence-corrected chi connectivity index (χ1v) is 5.63. The standard InChI is InChI=1S/C13H13N3O3/c1-7-3-9(5-14-4-7)12(17)16-10-6-15-8(2)11(10)13(18)19/h3-6,15H,1-2H3,(H,16,17)(H,18,19). The fourth-order valence-electron chi connectivity index (χ4n) is 1.77. The molecule has 0 unspecified atom stereocenters. The fraction of sp³-hybridized carbons (Fsp3) is 0.154. The summed E-state index contributed by atoms with van der Waals surface area (Å²) in [7, 11) is 0. The summed E-state index contributed by atoms with van der Waals surface area (Å²) >= 11 is 0. The van der Waals surface area contributed by atoms with E-state index in [1.165, 1.54) is 12.4 Å². The number of nitrogens with one attached hydrogen (secondary N) is 2. The van der Waals surface area contributed by atoms with Crippen molar-refractivity contribution < 1.29 is 14.7 Å². The Balaban J connectivity index is 2.27. The number of carbonyl (C=O) groups is 2. The lowest BCUT2D eigenvalue weighted by molar-refractivity contribution is 0.0697. The maximum Gasteiger partial charge on any atom is 0.339 e. The van der Waals surface area contributed by atoms with Crippen molar-refractivity contribution in [2.24, 2.45) is 0 Å². The van der Waals surface area contributed by atoms with Gasteiger partial charge < -0.3 is 15.4 Å². The Morgan fingerprint density at radius 1 is 1.32 bits per heavy atom. The van der Waals surface area contributed by atoms with Crippen LogP contribution >= 0.6 is 0 Å². The van der Waals surface area contributed by atoms with Crippen molar-refractivity contribution in [1.29, 1.82) is 0 Å². The summed E-state index contributed by atoms with van der Waals surface area (Å²) in [5.74, 6) is -1.48. The molecule has 0 aliphatic heterocycles. The van der Waals surface area contributed by atoms with Crippen molar-refractivity contribution in [3.8, 4) is 0 Å². The number of anilines is 1. The van der Waals surface area contributed by atoms with Crippen molar-refractivity contribution in [2.45, 2.75) is 13.8 Å². The van der Waals surface area contributed by atoms with E-state index in [0.29, 0.717) is 11.3 Å². The number of hydrogen-bond acceptors (Lipinski definition) is 3. The van der Waals surface area contributed by atoms with E-state index in [1.807, 2.05) is 6.92 Å². The Labute approximate surface area is 109 Å². The number of carbonyl (C=O) groups excluding carboxylic acids is 1. The summed E-state index contributed by atoms with van der Waals surface area (Å²) in [4.78, 5) is 29.8. The quantitative estimate of drug-likeness (QED) is 0.785. The van der Waals surface area contributed by atoms with Crippen LogP contribution in [-0.2, 0) is 0 Å². The van der Waals surface area contributed by atoms with Gasteiger partial charge in [0.1, 0.15) is 5.56 Å². The Bertz CT molecular complexity index is 646. The second-order valence-corrected chi connectivity index (χ2v) is 4.21. The molecule has 0 aliphatic rings. The van der Waals surface area contributed by atoms with Crippen LogP contribution in [0, 0.1) is 13.8 Å². The van der Waals surface area contributed by atoms with Gasteiger partial charge >= 0.3 is 5.97 Å². The van der Waals surface area contributed by atoms with Gasteiger partial charge in [0.25, 0.3) is 5.91 Å². The van der Waals surface area contributed by atoms with E-state index in [1.54, 1.807) is 19.2 Å². The summed E-state index contributed by atoms with van der Waals surface area (Å²) in [5, 5.41) is 11.6. The van der Waals surface area contributed by atoms with Crippen LogP contribution in [0.3, 0.4) is 0 Å². The van der Waals surface area contributed by atoms with Gasteiger partial charge in [0, 0.05) is 24.3 Å². The zero-order valence-corrected chi connectivity index (χ0v) is 10.5. The maximum absolute atomic E-state index is 12.0. The third-order valence-corrected chi connectivity index (χ3v) is 2.68. The zero-order valence-electron chi connectivity index (χ0n) is 10.5. The number of amides is 1. The fourth-order valence-corrected chi connectivity index (χ4v) is 1.77. The molecule has 0 saturated heterocycles. The molecular weight excluding hydrogens is 246 g/mol. The van der Waals surface area contributed by atoms with Crippen molar-refractivity contribution in [1.82, 2.24) is 9.97 Å². The average molecular weight is 259 g/mol. The first-order valence-electron chi connectivity index (χ1n) is 5.63. The molecule has 0 aromatic carbocycles. The van der Waals surface area contributed by atoms with Gasteiger partial charge in [0.05, 0.1) is 11.3 Å². The number of hydrogen-bond donors (Lipinski definition) is 3. The molecular formula is C13H13N3O3. The van der Waals surface area contributed by atoms with Crippen LogP contribution in [-0.4, -0.2) is 27.0 Å². The first-order chi connectivity index (χ1) is 8.99. The van der Waals surface area contributed by atoms with Gasteiger partial charge in [-0.1, -0.05) is 0 Å². The molecule has 1 amide bonds. The van der Waals surface area contributed by atoms with E-state index < -0.39 is 11.9 Å². The van der Waals surface area contributed by atoms with Crippen LogP contribution in [0.25, 0.3) is 0 Å². The highest BCUT2D eigenvalue weighted by Crippen LogP contribution is 2.19. The Hall–Kier alpha value is -2.63. The number of aryl methyl sites for hydroxylation is 2. The average Bonchev–Trinajstić information content (AvgIpc) is 2.70. The highest BCUT2D eigenvalue weighted by molar-refractivity contribution is 6.08. The number of aromatic carboxylic acids is 1. The molecule has 0 spiro atoms. The van der Waals surface area contributed by atoms with Crippen molar-refractivity contribution in [3.63, 3.8) is 0 Å². The maximum atomic E-state index is 12.0. The third-order valence-electron chi connectivity index (χ3n) is 2.68. The molecule has 2 heterocycles. The molecule has 6 heteroatoms. The number of aromatic amines is 1. The molecule has 2 rings (SSSR count). The summed E-state index contributed by atoms with van der Waals surface area (Å²) in [6.45, 7) is 3.46. The number of carboxylic acids is 1. The van der Waals surface area contributed by atoms with E-state index in [-0.39, 0.29) is 11.3 Å². The molecule has 0 radical (unpaired) electrons. The molecule has 6 nitrogen and oxygen atoms in total. The normalized spacial score (nSPS) is 10.2. The molecule has 0 atom stereocenters. The lowest BCUT2D eigenvalue weighted by atomic mass is 10.2. The second-order valence-electron chi connectivity index (χ2n) is 4.21. The van der Waals surface area contributed by atoms with E-state index in [9.17, 15) is 9.59 Å². The number of aromatic nitrogens is 2. The SMILES string of the molecule is Cc1cncc(C(=O)Nc2c[nH]c(C)c2C(=O)O)c1. The van der Waals surface area contributed by atoms with Gasteiger partial charge in [-0.2, -0.15) is 0 Å². The third kappa shape index (κ3) is 2.62. The second kappa shape index (κ2) is 4.93. The number of rotatable bonds is 3. The van der Waals surface area contributed by atoms with Gasteiger partial charge in [-0.3, -0.25) is 9.78 Å². The number of carboxylic acid groups (broad SMARTS) is 1. The smallest absolute Gasteiger partial charge is 0.339 e. The molecule has 0 fully saturated rings. The van der Waals surface area contributed by atoms with Crippen LogP contribution in [0.2, 0.25) is 0 Å². The Kier molecular flexibility index (Phi) is 3.33. The topological polar surface area (TPSA) is 95.1 Å². The predicted octanol–water partition coefficient (Wildman–Crippen LogP) is 1.98. The largest absolute Gasteiger partial charge is 0.478 e. The summed E-state index contributed by atoms with van der Waals surface area (Å²) in [5.41, 5.74) is 2.04. The minimum atomic E-state index is -1.09. The van der Waals surface area contributed by atoms with E-state index in [4.69, 9.17) is 5.11 Å². The minimum absolute atomic E-state index is 0.0639. The molecule has 3 N–H and O–H groups in total. The molecule has 0 saturated carbocycles. The van der Waals surface area contributed by atoms with Crippen molar-refractivity contribution in [2.75, 3.05) is 5.32 Å². The van der Waals surface area contributed by atoms with Gasteiger partial charge in [0.2, 0.25) is 0 Å². The number of pyridine rings is 1. The van der Waals surface area contributed by atoms with Gasteiger partial charge in [-0.15, -0.1) is 0 Å². The zero-order chi connectivity index (χ0) is 14.0. The summed E-state index contributed by atoms with van der Waals surface area (Å²) < 4.78 is 0. The molecule has 19 heavy (non-hydrogen) atoms.